The number of hydrogen-bond donors (Lipinski definition) is 1. The summed E-state index contributed by atoms with van der Waals surface area (Å²) >= 11 is 0. The van der Waals surface area contributed by atoms with Gasteiger partial charge in [0.1, 0.15) is 0 Å². The molecule has 86 valence electrons. The Morgan fingerprint density at radius 2 is 2.12 bits per heavy atom. The molecule has 2 heterocycles. The number of rotatable bonds is 1. The van der Waals surface area contributed by atoms with Crippen LogP contribution in [0.5, 0.6) is 0 Å². The molecule has 0 aliphatic carbocycles. The van der Waals surface area contributed by atoms with Gasteiger partial charge < -0.3 is 10.2 Å². The van der Waals surface area contributed by atoms with Gasteiger partial charge >= 0.3 is 0 Å². The fourth-order valence-corrected chi connectivity index (χ4v) is 2.48. The van der Waals surface area contributed by atoms with Gasteiger partial charge in [0.15, 0.2) is 0 Å². The Kier molecular flexibility index (Phi) is 3.17. The van der Waals surface area contributed by atoms with Crippen LogP contribution in [0.2, 0.25) is 0 Å². The van der Waals surface area contributed by atoms with Crippen molar-refractivity contribution >= 4 is 18.3 Å². The molecule has 0 saturated carbocycles. The van der Waals surface area contributed by atoms with Gasteiger partial charge in [0.2, 0.25) is 0 Å². The molecule has 0 bridgehead atoms. The maximum atomic E-state index is 12.1. The molecule has 1 N–H and O–H groups in total. The molecule has 3 nitrogen and oxygen atoms in total. The van der Waals surface area contributed by atoms with E-state index in [0.717, 1.165) is 31.6 Å². The Morgan fingerprint density at radius 1 is 1.31 bits per heavy atom. The topological polar surface area (TPSA) is 32.3 Å². The smallest absolute Gasteiger partial charge is 0.254 e. The lowest BCUT2D eigenvalue weighted by atomic mass is 10.1. The van der Waals surface area contributed by atoms with Crippen LogP contribution in [0.4, 0.5) is 0 Å². The molecule has 1 aromatic carbocycles. The third-order valence-corrected chi connectivity index (χ3v) is 3.32. The van der Waals surface area contributed by atoms with Crippen molar-refractivity contribution in [3.63, 3.8) is 0 Å². The predicted molar refractivity (Wildman–Crippen MR) is 64.8 cm³/mol. The van der Waals surface area contributed by atoms with Gasteiger partial charge in [0, 0.05) is 24.7 Å². The first-order valence-corrected chi connectivity index (χ1v) is 5.46. The number of amides is 1. The molecule has 0 spiro atoms. The minimum absolute atomic E-state index is 0. The quantitative estimate of drug-likeness (QED) is 0.803. The van der Waals surface area contributed by atoms with Gasteiger partial charge in [-0.05, 0) is 24.6 Å². The molecule has 1 atom stereocenters. The molecule has 2 aliphatic heterocycles. The summed E-state index contributed by atoms with van der Waals surface area (Å²) < 4.78 is 0. The normalized spacial score (nSPS) is 23.1. The van der Waals surface area contributed by atoms with Crippen molar-refractivity contribution in [1.82, 2.24) is 10.2 Å². The van der Waals surface area contributed by atoms with Crippen molar-refractivity contribution in [3.8, 4) is 0 Å². The highest BCUT2D eigenvalue weighted by molar-refractivity contribution is 5.98. The summed E-state index contributed by atoms with van der Waals surface area (Å²) in [4.78, 5) is 14.1. The Labute approximate surface area is 101 Å². The van der Waals surface area contributed by atoms with E-state index in [0.29, 0.717) is 6.04 Å². The minimum atomic E-state index is 0. The molecule has 0 radical (unpaired) electrons. The SMILES string of the molecule is Cl.O=C1c2ccccc2CN1C1CCNC1. The number of hydrogen-bond acceptors (Lipinski definition) is 2. The van der Waals surface area contributed by atoms with Crippen LogP contribution in [-0.4, -0.2) is 29.9 Å². The van der Waals surface area contributed by atoms with Crippen molar-refractivity contribution in [2.75, 3.05) is 13.1 Å². The van der Waals surface area contributed by atoms with E-state index in [1.54, 1.807) is 0 Å². The zero-order valence-electron chi connectivity index (χ0n) is 8.98. The second kappa shape index (κ2) is 4.44. The molecule has 16 heavy (non-hydrogen) atoms. The fraction of sp³-hybridized carbons (Fsp3) is 0.417. The van der Waals surface area contributed by atoms with Crippen molar-refractivity contribution in [3.05, 3.63) is 35.4 Å². The maximum absolute atomic E-state index is 12.1. The minimum Gasteiger partial charge on any atom is -0.330 e. The van der Waals surface area contributed by atoms with Crippen LogP contribution in [0.1, 0.15) is 22.3 Å². The van der Waals surface area contributed by atoms with Crippen LogP contribution in [-0.2, 0) is 6.54 Å². The summed E-state index contributed by atoms with van der Waals surface area (Å²) in [6.07, 6.45) is 1.08. The number of halogens is 1. The Hall–Kier alpha value is -1.06. The number of carbonyl (C=O) groups is 1. The van der Waals surface area contributed by atoms with Crippen LogP contribution in [0, 0.1) is 0 Å². The van der Waals surface area contributed by atoms with Crippen LogP contribution in [0.15, 0.2) is 24.3 Å². The molecular weight excluding hydrogens is 224 g/mol. The highest BCUT2D eigenvalue weighted by atomic mass is 35.5. The number of carbonyl (C=O) groups excluding carboxylic acids is 1. The van der Waals surface area contributed by atoms with Gasteiger partial charge in [-0.1, -0.05) is 18.2 Å². The van der Waals surface area contributed by atoms with Gasteiger partial charge in [0.25, 0.3) is 5.91 Å². The lowest BCUT2D eigenvalue weighted by molar-refractivity contribution is 0.0717. The zero-order valence-corrected chi connectivity index (χ0v) is 9.80. The predicted octanol–water partition coefficient (Wildman–Crippen LogP) is 1.43. The lowest BCUT2D eigenvalue weighted by Crippen LogP contribution is -2.36. The number of fused-ring (bicyclic) bond motifs is 1. The number of benzene rings is 1. The summed E-state index contributed by atoms with van der Waals surface area (Å²) in [6, 6.07) is 8.32. The Balaban J connectivity index is 0.000000963. The highest BCUT2D eigenvalue weighted by Crippen LogP contribution is 2.25. The first-order valence-electron chi connectivity index (χ1n) is 5.46. The second-order valence-electron chi connectivity index (χ2n) is 4.24. The van der Waals surface area contributed by atoms with Crippen LogP contribution in [0.25, 0.3) is 0 Å². The lowest BCUT2D eigenvalue weighted by Gasteiger charge is -2.22. The molecule has 4 heteroatoms. The summed E-state index contributed by atoms with van der Waals surface area (Å²) in [5.41, 5.74) is 2.07. The van der Waals surface area contributed by atoms with Crippen molar-refractivity contribution in [2.24, 2.45) is 0 Å². The van der Waals surface area contributed by atoms with Crippen molar-refractivity contribution in [1.29, 1.82) is 0 Å². The second-order valence-corrected chi connectivity index (χ2v) is 4.24. The fourth-order valence-electron chi connectivity index (χ4n) is 2.48. The van der Waals surface area contributed by atoms with Crippen molar-refractivity contribution in [2.45, 2.75) is 19.0 Å². The van der Waals surface area contributed by atoms with E-state index >= 15 is 0 Å². The van der Waals surface area contributed by atoms with Gasteiger partial charge in [-0.3, -0.25) is 4.79 Å². The zero-order chi connectivity index (χ0) is 10.3. The molecule has 1 amide bonds. The van der Waals surface area contributed by atoms with E-state index in [4.69, 9.17) is 0 Å². The van der Waals surface area contributed by atoms with Crippen LogP contribution >= 0.6 is 12.4 Å². The molecule has 3 rings (SSSR count). The van der Waals surface area contributed by atoms with Crippen LogP contribution < -0.4 is 5.32 Å². The molecule has 2 aliphatic rings. The molecule has 1 saturated heterocycles. The van der Waals surface area contributed by atoms with Gasteiger partial charge in [0.05, 0.1) is 0 Å². The first kappa shape index (κ1) is 11.4. The summed E-state index contributed by atoms with van der Waals surface area (Å²) in [6.45, 7) is 2.77. The van der Waals surface area contributed by atoms with E-state index in [-0.39, 0.29) is 18.3 Å². The molecule has 1 aromatic rings. The average Bonchev–Trinajstić information content (AvgIpc) is 2.87. The van der Waals surface area contributed by atoms with Gasteiger partial charge in [-0.2, -0.15) is 0 Å². The average molecular weight is 239 g/mol. The van der Waals surface area contributed by atoms with E-state index in [2.05, 4.69) is 11.4 Å². The van der Waals surface area contributed by atoms with E-state index < -0.39 is 0 Å². The third-order valence-electron chi connectivity index (χ3n) is 3.32. The molecule has 1 fully saturated rings. The van der Waals surface area contributed by atoms with E-state index in [1.807, 2.05) is 23.1 Å². The number of nitrogens with zero attached hydrogens (tertiary/aromatic N) is 1. The summed E-state index contributed by atoms with van der Waals surface area (Å²) in [5.74, 6) is 0.208. The molecular formula is C12H15ClN2O. The van der Waals surface area contributed by atoms with Gasteiger partial charge in [-0.25, -0.2) is 0 Å². The highest BCUT2D eigenvalue weighted by Gasteiger charge is 2.33. The third kappa shape index (κ3) is 1.70. The largest absolute Gasteiger partial charge is 0.330 e. The van der Waals surface area contributed by atoms with Crippen LogP contribution in [0.3, 0.4) is 0 Å². The Bertz CT molecular complexity index is 402. The van der Waals surface area contributed by atoms with Gasteiger partial charge in [-0.15, -0.1) is 12.4 Å². The van der Waals surface area contributed by atoms with Crippen molar-refractivity contribution < 1.29 is 4.79 Å². The monoisotopic (exact) mass is 238 g/mol. The summed E-state index contributed by atoms with van der Waals surface area (Å²) in [5, 5.41) is 3.30. The Morgan fingerprint density at radius 3 is 2.81 bits per heavy atom. The summed E-state index contributed by atoms with van der Waals surface area (Å²) in [7, 11) is 0. The molecule has 0 aromatic heterocycles. The maximum Gasteiger partial charge on any atom is 0.254 e. The number of nitrogens with one attached hydrogen (secondary N) is 1. The molecule has 1 unspecified atom stereocenters. The first-order chi connectivity index (χ1) is 7.36. The van der Waals surface area contributed by atoms with E-state index in [9.17, 15) is 4.79 Å². The van der Waals surface area contributed by atoms with E-state index in [1.165, 1.54) is 5.56 Å². The standard InChI is InChI=1S/C12H14N2O.ClH/c15-12-11-4-2-1-3-9(11)8-14(12)10-5-6-13-7-10;/h1-4,10,13H,5-8H2;1H.